The quantitative estimate of drug-likeness (QED) is 0.771. The van der Waals surface area contributed by atoms with Gasteiger partial charge in [0.1, 0.15) is 0 Å². The molecule has 0 saturated carbocycles. The zero-order valence-corrected chi connectivity index (χ0v) is 10.5. The second-order valence-corrected chi connectivity index (χ2v) is 4.84. The van der Waals surface area contributed by atoms with Crippen molar-refractivity contribution in [2.24, 2.45) is 5.92 Å². The average Bonchev–Trinajstić information content (AvgIpc) is 2.21. The van der Waals surface area contributed by atoms with E-state index in [1.807, 2.05) is 12.1 Å². The van der Waals surface area contributed by atoms with Gasteiger partial charge in [0.05, 0.1) is 6.10 Å². The number of aliphatic hydroxyl groups is 1. The topological polar surface area (TPSA) is 32.3 Å². The van der Waals surface area contributed by atoms with E-state index in [2.05, 4.69) is 38.2 Å². The van der Waals surface area contributed by atoms with Crippen LogP contribution in [0.2, 0.25) is 0 Å². The van der Waals surface area contributed by atoms with Crippen LogP contribution in [0.1, 0.15) is 25.0 Å². The summed E-state index contributed by atoms with van der Waals surface area (Å²) in [7, 11) is 0. The Bertz CT molecular complexity index is 309. The first-order valence-electron chi connectivity index (χ1n) is 6.03. The summed E-state index contributed by atoms with van der Waals surface area (Å²) in [5.74, 6) is 0.630. The van der Waals surface area contributed by atoms with Gasteiger partial charge in [-0.1, -0.05) is 38.1 Å². The highest BCUT2D eigenvalue weighted by Crippen LogP contribution is 2.09. The minimum atomic E-state index is -0.292. The van der Waals surface area contributed by atoms with Gasteiger partial charge in [-0.2, -0.15) is 0 Å². The molecule has 0 aliphatic heterocycles. The fraction of sp³-hybridized carbons (Fsp3) is 0.571. The van der Waals surface area contributed by atoms with Gasteiger partial charge in [-0.3, -0.25) is 0 Å². The van der Waals surface area contributed by atoms with Gasteiger partial charge >= 0.3 is 0 Å². The summed E-state index contributed by atoms with van der Waals surface area (Å²) in [6.45, 7) is 8.06. The summed E-state index contributed by atoms with van der Waals surface area (Å²) in [5.41, 5.74) is 2.49. The predicted molar refractivity (Wildman–Crippen MR) is 68.6 cm³/mol. The number of nitrogens with one attached hydrogen (secondary N) is 1. The van der Waals surface area contributed by atoms with Gasteiger partial charge in [0, 0.05) is 6.54 Å². The van der Waals surface area contributed by atoms with E-state index in [1.165, 1.54) is 11.1 Å². The van der Waals surface area contributed by atoms with Crippen molar-refractivity contribution in [3.8, 4) is 0 Å². The molecule has 0 amide bonds. The highest BCUT2D eigenvalue weighted by atomic mass is 16.3. The highest BCUT2D eigenvalue weighted by molar-refractivity contribution is 5.26. The molecule has 0 saturated heterocycles. The van der Waals surface area contributed by atoms with Gasteiger partial charge in [0.2, 0.25) is 0 Å². The number of aryl methyl sites for hydroxylation is 1. The number of benzene rings is 1. The molecule has 1 unspecified atom stereocenters. The van der Waals surface area contributed by atoms with Gasteiger partial charge in [0.25, 0.3) is 0 Å². The van der Waals surface area contributed by atoms with Gasteiger partial charge in [-0.05, 0) is 36.9 Å². The SMILES string of the molecule is Cc1ccccc1CC(O)CNCC(C)C. The maximum atomic E-state index is 9.88. The number of aliphatic hydroxyl groups excluding tert-OH is 1. The molecule has 1 aromatic rings. The Morgan fingerprint density at radius 1 is 1.19 bits per heavy atom. The van der Waals surface area contributed by atoms with Crippen LogP contribution >= 0.6 is 0 Å². The first-order chi connectivity index (χ1) is 7.59. The van der Waals surface area contributed by atoms with Crippen LogP contribution in [0.5, 0.6) is 0 Å². The lowest BCUT2D eigenvalue weighted by Gasteiger charge is -2.14. The number of hydrogen-bond acceptors (Lipinski definition) is 2. The summed E-state index contributed by atoms with van der Waals surface area (Å²) in [5, 5.41) is 13.2. The van der Waals surface area contributed by atoms with Crippen molar-refractivity contribution in [2.75, 3.05) is 13.1 Å². The third kappa shape index (κ3) is 4.77. The summed E-state index contributed by atoms with van der Waals surface area (Å²) in [6, 6.07) is 8.23. The molecule has 90 valence electrons. The molecule has 0 aromatic heterocycles. The van der Waals surface area contributed by atoms with Crippen LogP contribution in [0.15, 0.2) is 24.3 Å². The van der Waals surface area contributed by atoms with Crippen molar-refractivity contribution < 1.29 is 5.11 Å². The molecule has 0 spiro atoms. The first kappa shape index (κ1) is 13.2. The monoisotopic (exact) mass is 221 g/mol. The van der Waals surface area contributed by atoms with E-state index in [-0.39, 0.29) is 6.10 Å². The van der Waals surface area contributed by atoms with Crippen LogP contribution in [-0.4, -0.2) is 24.3 Å². The van der Waals surface area contributed by atoms with Crippen LogP contribution < -0.4 is 5.32 Å². The van der Waals surface area contributed by atoms with Crippen molar-refractivity contribution in [1.29, 1.82) is 0 Å². The third-order valence-electron chi connectivity index (χ3n) is 2.65. The van der Waals surface area contributed by atoms with Crippen LogP contribution in [0, 0.1) is 12.8 Å². The summed E-state index contributed by atoms with van der Waals surface area (Å²) in [4.78, 5) is 0. The summed E-state index contributed by atoms with van der Waals surface area (Å²) in [6.07, 6.45) is 0.442. The Labute approximate surface area is 98.7 Å². The molecule has 16 heavy (non-hydrogen) atoms. The lowest BCUT2D eigenvalue weighted by atomic mass is 10.0. The molecular formula is C14H23NO. The Morgan fingerprint density at radius 3 is 2.50 bits per heavy atom. The van der Waals surface area contributed by atoms with Crippen molar-refractivity contribution >= 4 is 0 Å². The van der Waals surface area contributed by atoms with Crippen molar-refractivity contribution in [3.05, 3.63) is 35.4 Å². The van der Waals surface area contributed by atoms with Crippen molar-refractivity contribution in [2.45, 2.75) is 33.3 Å². The van der Waals surface area contributed by atoms with Crippen LogP contribution in [0.4, 0.5) is 0 Å². The van der Waals surface area contributed by atoms with E-state index in [9.17, 15) is 5.11 Å². The fourth-order valence-corrected chi connectivity index (χ4v) is 1.70. The highest BCUT2D eigenvalue weighted by Gasteiger charge is 2.06. The van der Waals surface area contributed by atoms with E-state index in [4.69, 9.17) is 0 Å². The zero-order chi connectivity index (χ0) is 12.0. The standard InChI is InChI=1S/C14H23NO/c1-11(2)9-15-10-14(16)8-13-7-5-4-6-12(13)3/h4-7,11,14-16H,8-10H2,1-3H3. The van der Waals surface area contributed by atoms with Crippen molar-refractivity contribution in [3.63, 3.8) is 0 Å². The maximum Gasteiger partial charge on any atom is 0.0704 e. The molecule has 2 N–H and O–H groups in total. The number of hydrogen-bond donors (Lipinski definition) is 2. The molecule has 1 rings (SSSR count). The largest absolute Gasteiger partial charge is 0.391 e. The van der Waals surface area contributed by atoms with Crippen LogP contribution in [0.25, 0.3) is 0 Å². The van der Waals surface area contributed by atoms with Gasteiger partial charge in [0.15, 0.2) is 0 Å². The Kier molecular flexibility index (Phi) is 5.50. The second-order valence-electron chi connectivity index (χ2n) is 4.84. The third-order valence-corrected chi connectivity index (χ3v) is 2.65. The molecule has 2 nitrogen and oxygen atoms in total. The summed E-state index contributed by atoms with van der Waals surface area (Å²) < 4.78 is 0. The predicted octanol–water partition coefficient (Wildman–Crippen LogP) is 2.14. The van der Waals surface area contributed by atoms with Gasteiger partial charge < -0.3 is 10.4 Å². The first-order valence-corrected chi connectivity index (χ1v) is 6.03. The lowest BCUT2D eigenvalue weighted by molar-refractivity contribution is 0.170. The molecule has 0 aliphatic carbocycles. The van der Waals surface area contributed by atoms with E-state index in [1.54, 1.807) is 0 Å². The molecular weight excluding hydrogens is 198 g/mol. The fourth-order valence-electron chi connectivity index (χ4n) is 1.70. The Hall–Kier alpha value is -0.860. The minimum Gasteiger partial charge on any atom is -0.391 e. The minimum absolute atomic E-state index is 0.292. The lowest BCUT2D eigenvalue weighted by Crippen LogP contribution is -2.31. The molecule has 0 aliphatic rings. The molecule has 0 fully saturated rings. The smallest absolute Gasteiger partial charge is 0.0704 e. The number of rotatable bonds is 6. The Morgan fingerprint density at radius 2 is 1.88 bits per heavy atom. The normalized spacial score (nSPS) is 13.1. The van der Waals surface area contributed by atoms with Crippen LogP contribution in [-0.2, 0) is 6.42 Å². The molecule has 1 atom stereocenters. The van der Waals surface area contributed by atoms with E-state index in [0.717, 1.165) is 13.0 Å². The molecule has 0 radical (unpaired) electrons. The van der Waals surface area contributed by atoms with Gasteiger partial charge in [-0.25, -0.2) is 0 Å². The van der Waals surface area contributed by atoms with Gasteiger partial charge in [-0.15, -0.1) is 0 Å². The summed E-state index contributed by atoms with van der Waals surface area (Å²) >= 11 is 0. The van der Waals surface area contributed by atoms with Crippen molar-refractivity contribution in [1.82, 2.24) is 5.32 Å². The zero-order valence-electron chi connectivity index (χ0n) is 10.5. The molecule has 1 aromatic carbocycles. The second kappa shape index (κ2) is 6.66. The van der Waals surface area contributed by atoms with E-state index < -0.39 is 0 Å². The van der Waals surface area contributed by atoms with Crippen LogP contribution in [0.3, 0.4) is 0 Å². The Balaban J connectivity index is 2.34. The molecule has 2 heteroatoms. The molecule has 0 heterocycles. The van der Waals surface area contributed by atoms with E-state index in [0.29, 0.717) is 12.5 Å². The molecule has 0 bridgehead atoms. The maximum absolute atomic E-state index is 9.88. The van der Waals surface area contributed by atoms with E-state index >= 15 is 0 Å². The average molecular weight is 221 g/mol.